The first-order valence-corrected chi connectivity index (χ1v) is 6.37. The summed E-state index contributed by atoms with van der Waals surface area (Å²) in [6.45, 7) is 4.86. The number of amides is 1. The first kappa shape index (κ1) is 11.9. The zero-order chi connectivity index (χ0) is 12.3. The van der Waals surface area contributed by atoms with Crippen molar-refractivity contribution < 1.29 is 4.79 Å². The van der Waals surface area contributed by atoms with E-state index in [9.17, 15) is 4.79 Å². The molecule has 1 N–H and O–H groups in total. The number of rotatable bonds is 4. The summed E-state index contributed by atoms with van der Waals surface area (Å²) in [7, 11) is 0. The van der Waals surface area contributed by atoms with Crippen LogP contribution in [0.1, 0.15) is 12.6 Å². The van der Waals surface area contributed by atoms with Gasteiger partial charge in [0.05, 0.1) is 11.4 Å². The molecule has 0 saturated heterocycles. The second kappa shape index (κ2) is 5.14. The zero-order valence-electron chi connectivity index (χ0n) is 9.93. The second-order valence-corrected chi connectivity index (χ2v) is 4.80. The molecule has 0 aromatic carbocycles. The number of hydrogen-bond donors (Lipinski definition) is 1. The Morgan fingerprint density at radius 3 is 3.06 bits per heavy atom. The average molecular weight is 249 g/mol. The maximum Gasteiger partial charge on any atom is 0.216 e. The van der Waals surface area contributed by atoms with E-state index in [1.807, 2.05) is 23.1 Å². The molecule has 2 aromatic rings. The van der Waals surface area contributed by atoms with E-state index in [2.05, 4.69) is 22.5 Å². The number of aromatic nitrogens is 2. The average Bonchev–Trinajstić information content (AvgIpc) is 2.87. The second-order valence-electron chi connectivity index (χ2n) is 3.85. The van der Waals surface area contributed by atoms with E-state index in [1.165, 1.54) is 11.8 Å². The molecule has 0 bridgehead atoms. The monoisotopic (exact) mass is 249 g/mol. The normalized spacial score (nSPS) is 10.5. The quantitative estimate of drug-likeness (QED) is 0.901. The third-order valence-corrected chi connectivity index (χ3v) is 3.34. The Morgan fingerprint density at radius 2 is 2.41 bits per heavy atom. The summed E-state index contributed by atoms with van der Waals surface area (Å²) in [6, 6.07) is 6.15. The molecule has 0 aliphatic rings. The van der Waals surface area contributed by atoms with Crippen molar-refractivity contribution in [1.82, 2.24) is 15.1 Å². The summed E-state index contributed by atoms with van der Waals surface area (Å²) in [6.07, 6.45) is 0. The molecule has 2 aromatic heterocycles. The van der Waals surface area contributed by atoms with Crippen LogP contribution in [-0.4, -0.2) is 22.2 Å². The Hall–Kier alpha value is -1.62. The summed E-state index contributed by atoms with van der Waals surface area (Å²) >= 11 is 1.68. The summed E-state index contributed by atoms with van der Waals surface area (Å²) < 4.78 is 1.92. The molecule has 90 valence electrons. The lowest BCUT2D eigenvalue weighted by Crippen LogP contribution is -2.25. The molecule has 17 heavy (non-hydrogen) atoms. The molecule has 1 amide bonds. The standard InChI is InChI=1S/C12H15N3OS/c1-9-8-11(12-4-3-7-17-12)14-15(9)6-5-13-10(2)16/h3-4,7-8H,5-6H2,1-2H3,(H,13,16). The van der Waals surface area contributed by atoms with Gasteiger partial charge in [0.15, 0.2) is 0 Å². The van der Waals surface area contributed by atoms with Gasteiger partial charge in [-0.25, -0.2) is 0 Å². The van der Waals surface area contributed by atoms with E-state index in [0.29, 0.717) is 13.1 Å². The highest BCUT2D eigenvalue weighted by molar-refractivity contribution is 7.13. The first-order chi connectivity index (χ1) is 8.16. The van der Waals surface area contributed by atoms with Gasteiger partial charge in [-0.1, -0.05) is 6.07 Å². The molecule has 5 heteroatoms. The predicted molar refractivity (Wildman–Crippen MR) is 69.0 cm³/mol. The van der Waals surface area contributed by atoms with E-state index in [0.717, 1.165) is 11.4 Å². The Morgan fingerprint density at radius 1 is 1.59 bits per heavy atom. The van der Waals surface area contributed by atoms with Gasteiger partial charge >= 0.3 is 0 Å². The van der Waals surface area contributed by atoms with E-state index < -0.39 is 0 Å². The highest BCUT2D eigenvalue weighted by Gasteiger charge is 2.06. The van der Waals surface area contributed by atoms with Crippen LogP contribution in [-0.2, 0) is 11.3 Å². The zero-order valence-corrected chi connectivity index (χ0v) is 10.8. The Labute approximate surface area is 104 Å². The molecular weight excluding hydrogens is 234 g/mol. The Balaban J connectivity index is 2.06. The number of nitrogens with zero attached hydrogens (tertiary/aromatic N) is 2. The number of carbonyl (C=O) groups excluding carboxylic acids is 1. The molecule has 0 saturated carbocycles. The topological polar surface area (TPSA) is 46.9 Å². The van der Waals surface area contributed by atoms with E-state index in [1.54, 1.807) is 11.3 Å². The number of carbonyl (C=O) groups is 1. The van der Waals surface area contributed by atoms with Gasteiger partial charge in [0.1, 0.15) is 5.69 Å². The lowest BCUT2D eigenvalue weighted by atomic mass is 10.3. The summed E-state index contributed by atoms with van der Waals surface area (Å²) in [5.74, 6) is -0.00621. The van der Waals surface area contributed by atoms with Crippen LogP contribution in [0.15, 0.2) is 23.6 Å². The van der Waals surface area contributed by atoms with Crippen LogP contribution in [0.4, 0.5) is 0 Å². The van der Waals surface area contributed by atoms with E-state index in [-0.39, 0.29) is 5.91 Å². The van der Waals surface area contributed by atoms with Crippen molar-refractivity contribution in [2.75, 3.05) is 6.54 Å². The maximum atomic E-state index is 10.8. The molecule has 4 nitrogen and oxygen atoms in total. The summed E-state index contributed by atoms with van der Waals surface area (Å²) in [5.41, 5.74) is 2.11. The third-order valence-electron chi connectivity index (χ3n) is 2.45. The highest BCUT2D eigenvalue weighted by atomic mass is 32.1. The fourth-order valence-corrected chi connectivity index (χ4v) is 2.30. The van der Waals surface area contributed by atoms with Crippen LogP contribution < -0.4 is 5.32 Å². The van der Waals surface area contributed by atoms with Crippen molar-refractivity contribution in [1.29, 1.82) is 0 Å². The van der Waals surface area contributed by atoms with E-state index >= 15 is 0 Å². The molecule has 0 aliphatic carbocycles. The van der Waals surface area contributed by atoms with Gasteiger partial charge in [-0.2, -0.15) is 5.10 Å². The van der Waals surface area contributed by atoms with E-state index in [4.69, 9.17) is 0 Å². The SMILES string of the molecule is CC(=O)NCCn1nc(-c2cccs2)cc1C. The predicted octanol–water partition coefficient (Wildman–Crippen LogP) is 2.06. The van der Waals surface area contributed by atoms with Crippen molar-refractivity contribution in [3.63, 3.8) is 0 Å². The number of aryl methyl sites for hydroxylation is 1. The van der Waals surface area contributed by atoms with Crippen LogP contribution in [0.25, 0.3) is 10.6 Å². The molecule has 2 heterocycles. The smallest absolute Gasteiger partial charge is 0.216 e. The summed E-state index contributed by atoms with van der Waals surface area (Å²) in [4.78, 5) is 11.9. The number of nitrogens with one attached hydrogen (secondary N) is 1. The molecule has 0 radical (unpaired) electrons. The minimum absolute atomic E-state index is 0.00621. The Bertz CT molecular complexity index is 502. The van der Waals surface area contributed by atoms with Crippen molar-refractivity contribution in [3.8, 4) is 10.6 Å². The molecule has 2 rings (SSSR count). The van der Waals surface area contributed by atoms with Crippen molar-refractivity contribution in [3.05, 3.63) is 29.3 Å². The molecule has 0 fully saturated rings. The molecule has 0 atom stereocenters. The van der Waals surface area contributed by atoms with Crippen LogP contribution in [0.3, 0.4) is 0 Å². The highest BCUT2D eigenvalue weighted by Crippen LogP contribution is 2.23. The number of thiophene rings is 1. The lowest BCUT2D eigenvalue weighted by Gasteiger charge is -2.04. The van der Waals surface area contributed by atoms with Crippen LogP contribution >= 0.6 is 11.3 Å². The van der Waals surface area contributed by atoms with Crippen molar-refractivity contribution in [2.45, 2.75) is 20.4 Å². The van der Waals surface area contributed by atoms with Crippen molar-refractivity contribution in [2.24, 2.45) is 0 Å². The van der Waals surface area contributed by atoms with Gasteiger partial charge in [-0.05, 0) is 24.4 Å². The fraction of sp³-hybridized carbons (Fsp3) is 0.333. The fourth-order valence-electron chi connectivity index (χ4n) is 1.62. The van der Waals surface area contributed by atoms with Gasteiger partial charge in [0.25, 0.3) is 0 Å². The third kappa shape index (κ3) is 2.94. The molecular formula is C12H15N3OS. The van der Waals surface area contributed by atoms with Gasteiger partial charge in [0.2, 0.25) is 5.91 Å². The maximum absolute atomic E-state index is 10.8. The number of hydrogen-bond acceptors (Lipinski definition) is 3. The van der Waals surface area contributed by atoms with Crippen LogP contribution in [0, 0.1) is 6.92 Å². The molecule has 0 unspecified atom stereocenters. The van der Waals surface area contributed by atoms with Crippen LogP contribution in [0.5, 0.6) is 0 Å². The van der Waals surface area contributed by atoms with Gasteiger partial charge in [-0.15, -0.1) is 11.3 Å². The minimum atomic E-state index is -0.00621. The molecule has 0 aliphatic heterocycles. The lowest BCUT2D eigenvalue weighted by molar-refractivity contribution is -0.118. The summed E-state index contributed by atoms with van der Waals surface area (Å²) in [5, 5.41) is 9.34. The largest absolute Gasteiger partial charge is 0.354 e. The molecule has 0 spiro atoms. The minimum Gasteiger partial charge on any atom is -0.354 e. The van der Waals surface area contributed by atoms with Gasteiger partial charge in [0, 0.05) is 19.2 Å². The van der Waals surface area contributed by atoms with Gasteiger partial charge in [-0.3, -0.25) is 9.48 Å². The Kier molecular flexibility index (Phi) is 3.58. The first-order valence-electron chi connectivity index (χ1n) is 5.49. The van der Waals surface area contributed by atoms with Crippen LogP contribution in [0.2, 0.25) is 0 Å². The van der Waals surface area contributed by atoms with Crippen molar-refractivity contribution >= 4 is 17.2 Å². The van der Waals surface area contributed by atoms with Gasteiger partial charge < -0.3 is 5.32 Å².